The predicted octanol–water partition coefficient (Wildman–Crippen LogP) is 2.72. The van der Waals surface area contributed by atoms with Crippen molar-refractivity contribution < 1.29 is 9.47 Å². The standard InChI is InChI=1S/C19H40N4O2.HI/c1-6-20-19(21-11-10-18(16(3)4)25-7-2)22-12-13-23(14-15-24-5)17-8-9-17;/h16-18H,6-15H2,1-5H3,(H2,20,21,22);1H. The van der Waals surface area contributed by atoms with Gasteiger partial charge in [-0.2, -0.15) is 0 Å². The van der Waals surface area contributed by atoms with Crippen LogP contribution in [-0.4, -0.2) is 76.1 Å². The van der Waals surface area contributed by atoms with Crippen LogP contribution in [0.25, 0.3) is 0 Å². The van der Waals surface area contributed by atoms with Gasteiger partial charge >= 0.3 is 0 Å². The van der Waals surface area contributed by atoms with Crippen LogP contribution in [0.15, 0.2) is 4.99 Å². The average molecular weight is 484 g/mol. The molecule has 1 aliphatic carbocycles. The lowest BCUT2D eigenvalue weighted by atomic mass is 10.0. The molecular weight excluding hydrogens is 443 g/mol. The lowest BCUT2D eigenvalue weighted by molar-refractivity contribution is 0.0266. The van der Waals surface area contributed by atoms with Crippen LogP contribution >= 0.6 is 24.0 Å². The van der Waals surface area contributed by atoms with Crippen molar-refractivity contribution in [2.75, 3.05) is 53.0 Å². The molecule has 156 valence electrons. The number of hydrogen-bond acceptors (Lipinski definition) is 4. The molecule has 1 rings (SSSR count). The summed E-state index contributed by atoms with van der Waals surface area (Å²) < 4.78 is 11.0. The van der Waals surface area contributed by atoms with Gasteiger partial charge in [-0.1, -0.05) is 13.8 Å². The Bertz CT molecular complexity index is 365. The second-order valence-electron chi connectivity index (χ2n) is 6.97. The Balaban J connectivity index is 0.00000625. The number of nitrogens with one attached hydrogen (secondary N) is 2. The summed E-state index contributed by atoms with van der Waals surface area (Å²) in [7, 11) is 1.77. The number of guanidine groups is 1. The van der Waals surface area contributed by atoms with Crippen molar-refractivity contribution in [2.45, 2.75) is 59.1 Å². The first-order chi connectivity index (χ1) is 12.1. The zero-order valence-corrected chi connectivity index (χ0v) is 19.8. The minimum absolute atomic E-state index is 0. The Kier molecular flexibility index (Phi) is 15.8. The van der Waals surface area contributed by atoms with Crippen molar-refractivity contribution in [1.82, 2.24) is 15.5 Å². The van der Waals surface area contributed by atoms with E-state index >= 15 is 0 Å². The van der Waals surface area contributed by atoms with E-state index in [0.29, 0.717) is 5.92 Å². The molecule has 1 aliphatic rings. The van der Waals surface area contributed by atoms with E-state index in [4.69, 9.17) is 14.5 Å². The van der Waals surface area contributed by atoms with E-state index in [2.05, 4.69) is 43.2 Å². The van der Waals surface area contributed by atoms with Crippen LogP contribution in [0.5, 0.6) is 0 Å². The molecule has 0 saturated heterocycles. The maximum atomic E-state index is 5.80. The van der Waals surface area contributed by atoms with Gasteiger partial charge in [-0.25, -0.2) is 0 Å². The molecule has 7 heteroatoms. The molecule has 0 spiro atoms. The Labute approximate surface area is 177 Å². The molecule has 0 aromatic rings. The normalized spacial score (nSPS) is 15.9. The fourth-order valence-corrected chi connectivity index (χ4v) is 2.91. The summed E-state index contributed by atoms with van der Waals surface area (Å²) in [5, 5.41) is 6.79. The molecule has 1 saturated carbocycles. The van der Waals surface area contributed by atoms with Gasteiger partial charge in [0.05, 0.1) is 12.7 Å². The van der Waals surface area contributed by atoms with Gasteiger partial charge in [0, 0.05) is 52.5 Å². The van der Waals surface area contributed by atoms with Crippen molar-refractivity contribution in [3.05, 3.63) is 0 Å². The zero-order chi connectivity index (χ0) is 18.5. The number of aliphatic imine (C=N–C) groups is 1. The first-order valence-electron chi connectivity index (χ1n) is 9.99. The smallest absolute Gasteiger partial charge is 0.191 e. The van der Waals surface area contributed by atoms with Crippen LogP contribution in [0.2, 0.25) is 0 Å². The third kappa shape index (κ3) is 11.6. The van der Waals surface area contributed by atoms with Gasteiger partial charge in [0.15, 0.2) is 5.96 Å². The summed E-state index contributed by atoms with van der Waals surface area (Å²) in [6, 6.07) is 0.759. The summed E-state index contributed by atoms with van der Waals surface area (Å²) in [6.45, 7) is 14.8. The van der Waals surface area contributed by atoms with Crippen LogP contribution in [0, 0.1) is 5.92 Å². The molecule has 1 fully saturated rings. The van der Waals surface area contributed by atoms with Crippen molar-refractivity contribution >= 4 is 29.9 Å². The van der Waals surface area contributed by atoms with Crippen LogP contribution in [0.3, 0.4) is 0 Å². The average Bonchev–Trinajstić information content (AvgIpc) is 3.41. The molecule has 0 aliphatic heterocycles. The highest BCUT2D eigenvalue weighted by Gasteiger charge is 2.28. The molecule has 1 atom stereocenters. The molecular formula is C19H41IN4O2. The molecule has 26 heavy (non-hydrogen) atoms. The SMILES string of the molecule is CCNC(=NCCC(OCC)C(C)C)NCCN(CCOC)C1CC1.I. The first kappa shape index (κ1) is 25.9. The van der Waals surface area contributed by atoms with Crippen LogP contribution < -0.4 is 10.6 Å². The van der Waals surface area contributed by atoms with E-state index in [0.717, 1.165) is 64.4 Å². The van der Waals surface area contributed by atoms with Gasteiger partial charge in [-0.05, 0) is 39.0 Å². The number of rotatable bonds is 14. The van der Waals surface area contributed by atoms with E-state index in [9.17, 15) is 0 Å². The molecule has 0 amide bonds. The summed E-state index contributed by atoms with van der Waals surface area (Å²) in [4.78, 5) is 7.23. The number of ether oxygens (including phenoxy) is 2. The molecule has 0 aromatic carbocycles. The topological polar surface area (TPSA) is 58.1 Å². The summed E-state index contributed by atoms with van der Waals surface area (Å²) in [5.41, 5.74) is 0. The van der Waals surface area contributed by atoms with Crippen molar-refractivity contribution in [3.63, 3.8) is 0 Å². The quantitative estimate of drug-likeness (QED) is 0.226. The van der Waals surface area contributed by atoms with E-state index < -0.39 is 0 Å². The van der Waals surface area contributed by atoms with E-state index in [-0.39, 0.29) is 30.1 Å². The Morgan fingerprint density at radius 2 is 1.92 bits per heavy atom. The van der Waals surface area contributed by atoms with Gasteiger partial charge in [-0.15, -0.1) is 24.0 Å². The third-order valence-electron chi connectivity index (χ3n) is 4.49. The first-order valence-corrected chi connectivity index (χ1v) is 9.99. The molecule has 1 unspecified atom stereocenters. The minimum Gasteiger partial charge on any atom is -0.383 e. The minimum atomic E-state index is 0. The van der Waals surface area contributed by atoms with E-state index in [1.165, 1.54) is 12.8 Å². The number of hydrogen-bond donors (Lipinski definition) is 2. The van der Waals surface area contributed by atoms with Gasteiger partial charge in [-0.3, -0.25) is 9.89 Å². The largest absolute Gasteiger partial charge is 0.383 e. The Hall–Kier alpha value is -0.120. The monoisotopic (exact) mass is 484 g/mol. The third-order valence-corrected chi connectivity index (χ3v) is 4.49. The van der Waals surface area contributed by atoms with Gasteiger partial charge < -0.3 is 20.1 Å². The molecule has 0 bridgehead atoms. The zero-order valence-electron chi connectivity index (χ0n) is 17.4. The number of halogens is 1. The lowest BCUT2D eigenvalue weighted by Gasteiger charge is -2.22. The lowest BCUT2D eigenvalue weighted by Crippen LogP contribution is -2.43. The van der Waals surface area contributed by atoms with Crippen molar-refractivity contribution in [1.29, 1.82) is 0 Å². The summed E-state index contributed by atoms with van der Waals surface area (Å²) in [6.07, 6.45) is 3.90. The predicted molar refractivity (Wildman–Crippen MR) is 121 cm³/mol. The van der Waals surface area contributed by atoms with Gasteiger partial charge in [0.2, 0.25) is 0 Å². The van der Waals surface area contributed by atoms with Gasteiger partial charge in [0.1, 0.15) is 0 Å². The second-order valence-corrected chi connectivity index (χ2v) is 6.97. The molecule has 2 N–H and O–H groups in total. The molecule has 0 heterocycles. The highest BCUT2D eigenvalue weighted by Crippen LogP contribution is 2.25. The van der Waals surface area contributed by atoms with Crippen LogP contribution in [-0.2, 0) is 9.47 Å². The molecule has 0 aromatic heterocycles. The number of methoxy groups -OCH3 is 1. The van der Waals surface area contributed by atoms with Crippen molar-refractivity contribution in [2.24, 2.45) is 10.9 Å². The van der Waals surface area contributed by atoms with Crippen molar-refractivity contribution in [3.8, 4) is 0 Å². The second kappa shape index (κ2) is 15.9. The maximum absolute atomic E-state index is 5.80. The Morgan fingerprint density at radius 1 is 1.19 bits per heavy atom. The Morgan fingerprint density at radius 3 is 2.46 bits per heavy atom. The number of nitrogens with zero attached hydrogens (tertiary/aromatic N) is 2. The van der Waals surface area contributed by atoms with Crippen LogP contribution in [0.4, 0.5) is 0 Å². The maximum Gasteiger partial charge on any atom is 0.191 e. The summed E-state index contributed by atoms with van der Waals surface area (Å²) in [5.74, 6) is 1.43. The highest BCUT2D eigenvalue weighted by molar-refractivity contribution is 14.0. The van der Waals surface area contributed by atoms with E-state index in [1.807, 2.05) is 0 Å². The molecule has 0 radical (unpaired) electrons. The fourth-order valence-electron chi connectivity index (χ4n) is 2.91. The highest BCUT2D eigenvalue weighted by atomic mass is 127. The van der Waals surface area contributed by atoms with Crippen LogP contribution in [0.1, 0.15) is 47.0 Å². The fraction of sp³-hybridized carbons (Fsp3) is 0.947. The van der Waals surface area contributed by atoms with E-state index in [1.54, 1.807) is 7.11 Å². The van der Waals surface area contributed by atoms with Gasteiger partial charge in [0.25, 0.3) is 0 Å². The summed E-state index contributed by atoms with van der Waals surface area (Å²) >= 11 is 0. The molecule has 6 nitrogen and oxygen atoms in total.